The number of hydrogen-bond donors (Lipinski definition) is 0. The fourth-order valence-corrected chi connectivity index (χ4v) is 2.43. The lowest BCUT2D eigenvalue weighted by molar-refractivity contribution is 0.0599. The van der Waals surface area contributed by atoms with Gasteiger partial charge in [-0.15, -0.1) is 0 Å². The van der Waals surface area contributed by atoms with Gasteiger partial charge >= 0.3 is 5.97 Å². The highest BCUT2D eigenvalue weighted by Crippen LogP contribution is 2.52. The van der Waals surface area contributed by atoms with E-state index >= 15 is 0 Å². The van der Waals surface area contributed by atoms with Crippen molar-refractivity contribution in [2.75, 3.05) is 7.11 Å². The fraction of sp³-hybridized carbons (Fsp3) is 0.500. The summed E-state index contributed by atoms with van der Waals surface area (Å²) < 4.78 is 4.81. The van der Waals surface area contributed by atoms with Gasteiger partial charge in [-0.2, -0.15) is 0 Å². The Balaban J connectivity index is 2.25. The molecule has 2 heteroatoms. The molecule has 0 spiro atoms. The molecule has 1 aromatic rings. The van der Waals surface area contributed by atoms with Crippen molar-refractivity contribution in [3.63, 3.8) is 0 Å². The van der Waals surface area contributed by atoms with Crippen molar-refractivity contribution in [3.8, 4) is 0 Å². The van der Waals surface area contributed by atoms with Crippen LogP contribution in [-0.2, 0) is 4.74 Å². The molecule has 0 bridgehead atoms. The molecule has 0 radical (unpaired) electrons. The average molecular weight is 218 g/mol. The van der Waals surface area contributed by atoms with E-state index in [1.54, 1.807) is 0 Å². The number of hydrogen-bond acceptors (Lipinski definition) is 2. The summed E-state index contributed by atoms with van der Waals surface area (Å²) in [6.45, 7) is 4.48. The molecular formula is C14H18O2. The molecule has 86 valence electrons. The van der Waals surface area contributed by atoms with Crippen LogP contribution in [0.1, 0.15) is 42.1 Å². The Bertz CT molecular complexity index is 395. The molecule has 1 aromatic carbocycles. The lowest BCUT2D eigenvalue weighted by Gasteiger charge is -2.08. The van der Waals surface area contributed by atoms with Crippen molar-refractivity contribution < 1.29 is 9.53 Å². The van der Waals surface area contributed by atoms with Gasteiger partial charge in [0.1, 0.15) is 0 Å². The molecule has 2 rings (SSSR count). The van der Waals surface area contributed by atoms with Gasteiger partial charge in [-0.3, -0.25) is 0 Å². The Kier molecular flexibility index (Phi) is 2.99. The van der Waals surface area contributed by atoms with E-state index in [9.17, 15) is 4.79 Å². The second kappa shape index (κ2) is 4.28. The van der Waals surface area contributed by atoms with Gasteiger partial charge in [0, 0.05) is 0 Å². The molecule has 0 saturated heterocycles. The third-order valence-electron chi connectivity index (χ3n) is 3.46. The summed E-state index contributed by atoms with van der Waals surface area (Å²) in [5.74, 6) is 1.75. The smallest absolute Gasteiger partial charge is 0.338 e. The molecule has 1 fully saturated rings. The second-order valence-corrected chi connectivity index (χ2v) is 4.83. The number of esters is 1. The molecule has 2 atom stereocenters. The van der Waals surface area contributed by atoms with Gasteiger partial charge in [-0.1, -0.05) is 32.0 Å². The van der Waals surface area contributed by atoms with Crippen molar-refractivity contribution in [3.05, 3.63) is 35.4 Å². The molecule has 1 saturated carbocycles. The maximum Gasteiger partial charge on any atom is 0.338 e. The van der Waals surface area contributed by atoms with Gasteiger partial charge in [0.15, 0.2) is 0 Å². The number of methoxy groups -OCH3 is 1. The third kappa shape index (κ3) is 1.97. The summed E-state index contributed by atoms with van der Waals surface area (Å²) in [6.07, 6.45) is 1.20. The second-order valence-electron chi connectivity index (χ2n) is 4.83. The molecule has 0 aromatic heterocycles. The number of ether oxygens (including phenoxy) is 1. The Hall–Kier alpha value is -1.31. The van der Waals surface area contributed by atoms with Gasteiger partial charge in [0.05, 0.1) is 12.7 Å². The number of carbonyl (C=O) groups is 1. The van der Waals surface area contributed by atoms with Crippen LogP contribution in [0.4, 0.5) is 0 Å². The van der Waals surface area contributed by atoms with Gasteiger partial charge < -0.3 is 4.74 Å². The average Bonchev–Trinajstić information content (AvgIpc) is 3.08. The highest BCUT2D eigenvalue weighted by molar-refractivity contribution is 5.91. The molecule has 0 N–H and O–H groups in total. The van der Waals surface area contributed by atoms with E-state index in [2.05, 4.69) is 19.9 Å². The largest absolute Gasteiger partial charge is 0.465 e. The Morgan fingerprint density at radius 2 is 2.06 bits per heavy atom. The summed E-state index contributed by atoms with van der Waals surface area (Å²) in [5, 5.41) is 0. The topological polar surface area (TPSA) is 26.3 Å². The summed E-state index contributed by atoms with van der Waals surface area (Å²) in [4.78, 5) is 11.6. The first kappa shape index (κ1) is 11.2. The molecule has 0 unspecified atom stereocenters. The molecule has 0 aliphatic heterocycles. The first-order valence-electron chi connectivity index (χ1n) is 5.82. The predicted molar refractivity (Wildman–Crippen MR) is 63.5 cm³/mol. The first-order valence-corrected chi connectivity index (χ1v) is 5.82. The minimum atomic E-state index is -0.218. The maximum absolute atomic E-state index is 11.6. The van der Waals surface area contributed by atoms with Gasteiger partial charge in [0.25, 0.3) is 0 Å². The number of benzene rings is 1. The van der Waals surface area contributed by atoms with Crippen LogP contribution >= 0.6 is 0 Å². The molecule has 16 heavy (non-hydrogen) atoms. The van der Waals surface area contributed by atoms with Gasteiger partial charge in [-0.05, 0) is 35.8 Å². The van der Waals surface area contributed by atoms with Gasteiger partial charge in [0.2, 0.25) is 0 Å². The van der Waals surface area contributed by atoms with E-state index in [0.29, 0.717) is 11.8 Å². The summed E-state index contributed by atoms with van der Waals surface area (Å²) >= 11 is 0. The van der Waals surface area contributed by atoms with Crippen LogP contribution in [0.5, 0.6) is 0 Å². The quantitative estimate of drug-likeness (QED) is 0.728. The molecule has 1 aliphatic carbocycles. The Morgan fingerprint density at radius 3 is 2.62 bits per heavy atom. The van der Waals surface area contributed by atoms with Crippen molar-refractivity contribution in [2.24, 2.45) is 11.8 Å². The fourth-order valence-electron chi connectivity index (χ4n) is 2.43. The van der Waals surface area contributed by atoms with E-state index in [1.165, 1.54) is 13.5 Å². The predicted octanol–water partition coefficient (Wildman–Crippen LogP) is 3.23. The lowest BCUT2D eigenvalue weighted by atomic mass is 9.98. The van der Waals surface area contributed by atoms with Crippen molar-refractivity contribution in [2.45, 2.75) is 26.2 Å². The molecular weight excluding hydrogens is 200 g/mol. The maximum atomic E-state index is 11.6. The Labute approximate surface area is 96.6 Å². The van der Waals surface area contributed by atoms with E-state index in [1.807, 2.05) is 18.2 Å². The van der Waals surface area contributed by atoms with Crippen molar-refractivity contribution in [1.82, 2.24) is 0 Å². The number of carbonyl (C=O) groups excluding carboxylic acids is 1. The van der Waals surface area contributed by atoms with Crippen molar-refractivity contribution in [1.29, 1.82) is 0 Å². The lowest BCUT2D eigenvalue weighted by Crippen LogP contribution is -2.05. The van der Waals surface area contributed by atoms with E-state index < -0.39 is 0 Å². The molecule has 1 aliphatic rings. The van der Waals surface area contributed by atoms with Crippen LogP contribution < -0.4 is 0 Å². The summed E-state index contributed by atoms with van der Waals surface area (Å²) in [7, 11) is 1.44. The normalized spacial score (nSPS) is 23.2. The monoisotopic (exact) mass is 218 g/mol. The standard InChI is InChI=1S/C14H18O2/c1-9(2)12-8-13(12)10-6-4-5-7-11(10)14(15)16-3/h4-7,9,12-13H,8H2,1-3H3/t12-,13-/m1/s1. The van der Waals surface area contributed by atoms with Crippen molar-refractivity contribution >= 4 is 5.97 Å². The first-order chi connectivity index (χ1) is 7.65. The Morgan fingerprint density at radius 1 is 1.38 bits per heavy atom. The summed E-state index contributed by atoms with van der Waals surface area (Å²) in [5.41, 5.74) is 1.89. The van der Waals surface area contributed by atoms with Crippen LogP contribution in [0, 0.1) is 11.8 Å². The zero-order valence-corrected chi connectivity index (χ0v) is 10.1. The van der Waals surface area contributed by atoms with E-state index in [-0.39, 0.29) is 5.97 Å². The highest BCUT2D eigenvalue weighted by atomic mass is 16.5. The summed E-state index contributed by atoms with van der Waals surface area (Å²) in [6, 6.07) is 7.80. The molecule has 2 nitrogen and oxygen atoms in total. The number of rotatable bonds is 3. The SMILES string of the molecule is COC(=O)c1ccccc1[C@H]1C[C@@H]1C(C)C. The van der Waals surface area contributed by atoms with E-state index in [0.717, 1.165) is 17.0 Å². The third-order valence-corrected chi connectivity index (χ3v) is 3.46. The van der Waals surface area contributed by atoms with Crippen LogP contribution in [0.25, 0.3) is 0 Å². The zero-order chi connectivity index (χ0) is 11.7. The minimum Gasteiger partial charge on any atom is -0.465 e. The van der Waals surface area contributed by atoms with Crippen LogP contribution in [0.2, 0.25) is 0 Å². The van der Waals surface area contributed by atoms with Crippen LogP contribution in [0.15, 0.2) is 24.3 Å². The molecule has 0 heterocycles. The van der Waals surface area contributed by atoms with Crippen LogP contribution in [-0.4, -0.2) is 13.1 Å². The highest BCUT2D eigenvalue weighted by Gasteiger charge is 2.41. The molecule has 0 amide bonds. The minimum absolute atomic E-state index is 0.218. The van der Waals surface area contributed by atoms with Gasteiger partial charge in [-0.25, -0.2) is 4.79 Å². The van der Waals surface area contributed by atoms with Crippen LogP contribution in [0.3, 0.4) is 0 Å². The zero-order valence-electron chi connectivity index (χ0n) is 10.1. The van der Waals surface area contributed by atoms with E-state index in [4.69, 9.17) is 4.74 Å².